The Labute approximate surface area is 217 Å². The maximum Gasteiger partial charge on any atom is 0.330 e. The van der Waals surface area contributed by atoms with Gasteiger partial charge in [-0.15, -0.1) is 0 Å². The molecule has 1 unspecified atom stereocenters. The first-order valence-electron chi connectivity index (χ1n) is 13.6. The number of quaternary nitrogens is 1. The van der Waals surface area contributed by atoms with Crippen LogP contribution in [0, 0.1) is 0 Å². The third-order valence-corrected chi connectivity index (χ3v) is 8.16. The predicted octanol–water partition coefficient (Wildman–Crippen LogP) is 4.83. The largest absolute Gasteiger partial charge is 0.460 e. The molecule has 37 heavy (non-hydrogen) atoms. The summed E-state index contributed by atoms with van der Waals surface area (Å²) in [7, 11) is 2.28. The molecule has 0 spiro atoms. The molecule has 4 heterocycles. The number of carbonyl (C=O) groups excluding carboxylic acids is 1. The Morgan fingerprint density at radius 3 is 2.62 bits per heavy atom. The first kappa shape index (κ1) is 24.2. The molecule has 2 fully saturated rings. The van der Waals surface area contributed by atoms with E-state index in [1.54, 1.807) is 0 Å². The fourth-order valence-electron chi connectivity index (χ4n) is 6.04. The van der Waals surface area contributed by atoms with Crippen molar-refractivity contribution in [2.24, 2.45) is 0 Å². The van der Waals surface area contributed by atoms with E-state index >= 15 is 0 Å². The molecular weight excluding hydrogens is 470 g/mol. The Morgan fingerprint density at radius 1 is 1.05 bits per heavy atom. The second-order valence-corrected chi connectivity index (χ2v) is 11.0. The molecule has 3 aliphatic heterocycles. The van der Waals surface area contributed by atoms with Gasteiger partial charge in [0.2, 0.25) is 6.79 Å². The highest BCUT2D eigenvalue weighted by Crippen LogP contribution is 2.35. The molecule has 196 valence electrons. The van der Waals surface area contributed by atoms with Crippen molar-refractivity contribution in [2.45, 2.75) is 57.2 Å². The molecule has 0 radical (unpaired) electrons. The highest BCUT2D eigenvalue weighted by atomic mass is 16.7. The van der Waals surface area contributed by atoms with Crippen LogP contribution in [0.4, 0.5) is 0 Å². The maximum absolute atomic E-state index is 13.7. The first-order chi connectivity index (χ1) is 18.1. The van der Waals surface area contributed by atoms with Crippen molar-refractivity contribution in [1.82, 2.24) is 10.1 Å². The Bertz CT molecular complexity index is 1240. The normalized spacial score (nSPS) is 25.1. The van der Waals surface area contributed by atoms with E-state index in [4.69, 9.17) is 18.7 Å². The summed E-state index contributed by atoms with van der Waals surface area (Å²) in [6, 6.07) is 13.5. The fourth-order valence-corrected chi connectivity index (χ4v) is 6.04. The lowest BCUT2D eigenvalue weighted by Crippen LogP contribution is -2.51. The molecule has 0 amide bonds. The average molecular weight is 507 g/mol. The number of hydrogen-bond acceptors (Lipinski definition) is 7. The third kappa shape index (κ3) is 5.18. The minimum Gasteiger partial charge on any atom is -0.460 e. The van der Waals surface area contributed by atoms with Gasteiger partial charge in [-0.05, 0) is 56.3 Å². The number of benzene rings is 2. The van der Waals surface area contributed by atoms with Gasteiger partial charge in [0.25, 0.3) is 0 Å². The summed E-state index contributed by atoms with van der Waals surface area (Å²) in [6.07, 6.45) is 6.17. The topological polar surface area (TPSA) is 74.0 Å². The number of ether oxygens (including phenoxy) is 3. The summed E-state index contributed by atoms with van der Waals surface area (Å²) in [5.74, 6) is 1.45. The SMILES string of the molecule is C[N+]1(Cc2ccc3c(c2)OCO3)CCC(OC(=O)C(c2noc3ccccc23)N2CCCCCC2)CC1. The number of hydrogen-bond donors (Lipinski definition) is 0. The quantitative estimate of drug-likeness (QED) is 0.350. The van der Waals surface area contributed by atoms with Gasteiger partial charge in [-0.3, -0.25) is 4.90 Å². The van der Waals surface area contributed by atoms with Crippen molar-refractivity contribution in [2.75, 3.05) is 40.0 Å². The van der Waals surface area contributed by atoms with E-state index in [-0.39, 0.29) is 12.1 Å². The zero-order valence-electron chi connectivity index (χ0n) is 21.6. The van der Waals surface area contributed by atoms with E-state index in [0.29, 0.717) is 18.1 Å². The molecular formula is C29H36N3O5+. The van der Waals surface area contributed by atoms with Gasteiger partial charge in [0.05, 0.1) is 20.1 Å². The molecule has 8 nitrogen and oxygen atoms in total. The monoisotopic (exact) mass is 506 g/mol. The molecule has 0 bridgehead atoms. The lowest BCUT2D eigenvalue weighted by atomic mass is 10.0. The van der Waals surface area contributed by atoms with Crippen LogP contribution in [0.25, 0.3) is 11.0 Å². The van der Waals surface area contributed by atoms with Crippen LogP contribution in [0.15, 0.2) is 47.0 Å². The summed E-state index contributed by atoms with van der Waals surface area (Å²) < 4.78 is 23.7. The van der Waals surface area contributed by atoms with E-state index < -0.39 is 6.04 Å². The van der Waals surface area contributed by atoms with Crippen molar-refractivity contribution in [3.63, 3.8) is 0 Å². The minimum atomic E-state index is -0.529. The van der Waals surface area contributed by atoms with E-state index in [0.717, 1.165) is 79.8 Å². The zero-order chi connectivity index (χ0) is 25.2. The molecule has 0 saturated carbocycles. The van der Waals surface area contributed by atoms with Crippen molar-refractivity contribution in [1.29, 1.82) is 0 Å². The fraction of sp³-hybridized carbons (Fsp3) is 0.517. The second kappa shape index (κ2) is 10.3. The molecule has 3 aromatic rings. The zero-order valence-corrected chi connectivity index (χ0v) is 21.6. The number of carbonyl (C=O) groups is 1. The summed E-state index contributed by atoms with van der Waals surface area (Å²) >= 11 is 0. The smallest absolute Gasteiger partial charge is 0.330 e. The average Bonchev–Trinajstić information content (AvgIpc) is 3.45. The number of rotatable bonds is 6. The molecule has 1 aromatic heterocycles. The Morgan fingerprint density at radius 2 is 1.81 bits per heavy atom. The van der Waals surface area contributed by atoms with Crippen molar-refractivity contribution in [3.8, 4) is 11.5 Å². The number of para-hydroxylation sites is 1. The molecule has 0 aliphatic carbocycles. The van der Waals surface area contributed by atoms with Crippen LogP contribution < -0.4 is 9.47 Å². The summed E-state index contributed by atoms with van der Waals surface area (Å²) in [6.45, 7) is 4.85. The second-order valence-electron chi connectivity index (χ2n) is 11.0. The summed E-state index contributed by atoms with van der Waals surface area (Å²) in [5, 5.41) is 5.26. The number of esters is 1. The standard InChI is InChI=1S/C29H36N3O5/c1-32(19-21-10-11-25-26(18-21)35-20-34-25)16-12-22(13-17-32)36-29(33)28(31-14-6-2-3-7-15-31)27-23-8-4-5-9-24(23)37-30-27/h4-5,8-11,18,22,28H,2-3,6-7,12-17,19-20H2,1H3/q+1. The minimum absolute atomic E-state index is 0.0805. The van der Waals surface area contributed by atoms with Gasteiger partial charge in [0.1, 0.15) is 18.3 Å². The third-order valence-electron chi connectivity index (χ3n) is 8.16. The van der Waals surface area contributed by atoms with Gasteiger partial charge >= 0.3 is 5.97 Å². The molecule has 2 aromatic carbocycles. The lowest BCUT2D eigenvalue weighted by molar-refractivity contribution is -0.927. The van der Waals surface area contributed by atoms with Gasteiger partial charge in [-0.2, -0.15) is 0 Å². The van der Waals surface area contributed by atoms with Crippen LogP contribution in [0.2, 0.25) is 0 Å². The number of nitrogens with zero attached hydrogens (tertiary/aromatic N) is 3. The Hall–Kier alpha value is -3.10. The predicted molar refractivity (Wildman–Crippen MR) is 138 cm³/mol. The molecule has 0 N–H and O–H groups in total. The van der Waals surface area contributed by atoms with Gasteiger partial charge in [-0.25, -0.2) is 4.79 Å². The van der Waals surface area contributed by atoms with Crippen molar-refractivity contribution in [3.05, 3.63) is 53.7 Å². The molecule has 3 aliphatic rings. The van der Waals surface area contributed by atoms with Gasteiger partial charge in [-0.1, -0.05) is 30.1 Å². The summed E-state index contributed by atoms with van der Waals surface area (Å²) in [5.41, 5.74) is 2.63. The first-order valence-corrected chi connectivity index (χ1v) is 13.6. The Kier molecular flexibility index (Phi) is 6.78. The molecule has 6 rings (SSSR count). The maximum atomic E-state index is 13.7. The van der Waals surface area contributed by atoms with Crippen LogP contribution in [-0.2, 0) is 16.1 Å². The van der Waals surface area contributed by atoms with Crippen LogP contribution in [-0.4, -0.2) is 66.6 Å². The lowest BCUT2D eigenvalue weighted by Gasteiger charge is -2.40. The molecule has 1 atom stereocenters. The number of piperidine rings is 1. The van der Waals surface area contributed by atoms with Crippen LogP contribution in [0.5, 0.6) is 11.5 Å². The van der Waals surface area contributed by atoms with Gasteiger partial charge in [0, 0.05) is 23.8 Å². The van der Waals surface area contributed by atoms with Crippen LogP contribution in [0.1, 0.15) is 55.8 Å². The van der Waals surface area contributed by atoms with E-state index in [2.05, 4.69) is 29.2 Å². The molecule has 8 heteroatoms. The van der Waals surface area contributed by atoms with Gasteiger partial charge < -0.3 is 23.2 Å². The summed E-state index contributed by atoms with van der Waals surface area (Å²) in [4.78, 5) is 16.0. The van der Waals surface area contributed by atoms with E-state index in [9.17, 15) is 4.79 Å². The van der Waals surface area contributed by atoms with E-state index in [1.807, 2.05) is 30.3 Å². The van der Waals surface area contributed by atoms with Crippen LogP contribution >= 0.6 is 0 Å². The molecule has 2 saturated heterocycles. The van der Waals surface area contributed by atoms with E-state index in [1.165, 1.54) is 18.4 Å². The van der Waals surface area contributed by atoms with Gasteiger partial charge in [0.15, 0.2) is 23.1 Å². The van der Waals surface area contributed by atoms with Crippen molar-refractivity contribution < 1.29 is 28.0 Å². The Balaban J connectivity index is 1.14. The number of likely N-dealkylation sites (tertiary alicyclic amines) is 2. The van der Waals surface area contributed by atoms with Crippen LogP contribution in [0.3, 0.4) is 0 Å². The number of aromatic nitrogens is 1. The highest BCUT2D eigenvalue weighted by Gasteiger charge is 2.38. The number of fused-ring (bicyclic) bond motifs is 2. The highest BCUT2D eigenvalue weighted by molar-refractivity contribution is 5.87. The van der Waals surface area contributed by atoms with Crippen molar-refractivity contribution >= 4 is 16.9 Å².